The van der Waals surface area contributed by atoms with E-state index in [0.717, 1.165) is 0 Å². The molecule has 4 rings (SSSR count). The van der Waals surface area contributed by atoms with Crippen LogP contribution in [0.2, 0.25) is 10.0 Å². The van der Waals surface area contributed by atoms with Crippen LogP contribution in [-0.4, -0.2) is 54.5 Å². The van der Waals surface area contributed by atoms with Crippen LogP contribution in [0.5, 0.6) is 11.8 Å². The van der Waals surface area contributed by atoms with Crippen molar-refractivity contribution < 1.29 is 19.1 Å². The second-order valence-electron chi connectivity index (χ2n) is 10.5. The lowest BCUT2D eigenvalue weighted by Gasteiger charge is -2.15. The first kappa shape index (κ1) is 32.9. The second kappa shape index (κ2) is 14.6. The van der Waals surface area contributed by atoms with Crippen LogP contribution >= 0.6 is 23.2 Å². The van der Waals surface area contributed by atoms with E-state index >= 15 is 0 Å². The highest BCUT2D eigenvalue weighted by molar-refractivity contribution is 6.39. The fourth-order valence-corrected chi connectivity index (χ4v) is 5.24. The van der Waals surface area contributed by atoms with E-state index in [1.165, 1.54) is 14.2 Å². The molecule has 4 aromatic rings. The molecule has 44 heavy (non-hydrogen) atoms. The number of carbonyl (C=O) groups excluding carboxylic acids is 2. The van der Waals surface area contributed by atoms with Crippen molar-refractivity contribution >= 4 is 34.9 Å². The summed E-state index contributed by atoms with van der Waals surface area (Å²) in [5.74, 6) is -0.0563. The minimum absolute atomic E-state index is 0.0850. The molecule has 1 amide bonds. The first-order valence-electron chi connectivity index (χ1n) is 14.1. The molecule has 0 saturated heterocycles. The zero-order chi connectivity index (χ0) is 32.0. The minimum atomic E-state index is -0.338. The van der Waals surface area contributed by atoms with E-state index in [9.17, 15) is 9.59 Å². The third kappa shape index (κ3) is 7.36. The standard InChI is InChI=1S/C33H35Cl2N5O4/c1-18(36)11-16-28(41)24-12-14-26(39-32(24)43-3)22-9-5-7-20(29(22)34)21-8-6-10-23(30(21)35)27-15-13-25(33(40-27)44-4)31(42)38-17-19(2)37/h5-10,12-15,18-19H,11,16-17,36-37H2,1-4H3,(H,38,42)/t18-,19-/m0/s1. The van der Waals surface area contributed by atoms with Gasteiger partial charge in [-0.2, -0.15) is 0 Å². The number of nitrogens with two attached hydrogens (primary N) is 2. The summed E-state index contributed by atoms with van der Waals surface area (Å²) in [6.07, 6.45) is 0.859. The molecule has 2 aromatic carbocycles. The number of Topliss-reactive ketones (excluding diaryl/α,β-unsaturated/α-hetero) is 1. The number of benzene rings is 2. The summed E-state index contributed by atoms with van der Waals surface area (Å²) in [7, 11) is 2.92. The van der Waals surface area contributed by atoms with Gasteiger partial charge in [0, 0.05) is 47.3 Å². The van der Waals surface area contributed by atoms with Gasteiger partial charge in [-0.3, -0.25) is 9.59 Å². The van der Waals surface area contributed by atoms with Gasteiger partial charge in [-0.05, 0) is 44.5 Å². The van der Waals surface area contributed by atoms with Crippen LogP contribution in [0.15, 0.2) is 60.7 Å². The first-order valence-corrected chi connectivity index (χ1v) is 14.8. The van der Waals surface area contributed by atoms with Crippen molar-refractivity contribution in [1.82, 2.24) is 15.3 Å². The number of rotatable bonds is 12. The third-order valence-electron chi connectivity index (χ3n) is 6.90. The van der Waals surface area contributed by atoms with Crippen molar-refractivity contribution in [3.63, 3.8) is 0 Å². The Bertz CT molecular complexity index is 1550. The number of amides is 1. The van der Waals surface area contributed by atoms with Crippen LogP contribution in [-0.2, 0) is 0 Å². The van der Waals surface area contributed by atoms with Crippen molar-refractivity contribution in [1.29, 1.82) is 0 Å². The lowest BCUT2D eigenvalue weighted by molar-refractivity contribution is 0.0945. The Morgan fingerprint density at radius 1 is 0.750 bits per heavy atom. The second-order valence-corrected chi connectivity index (χ2v) is 11.2. The summed E-state index contributed by atoms with van der Waals surface area (Å²) >= 11 is 13.9. The zero-order valence-electron chi connectivity index (χ0n) is 25.0. The Balaban J connectivity index is 1.70. The summed E-state index contributed by atoms with van der Waals surface area (Å²) < 4.78 is 10.9. The number of ether oxygens (including phenoxy) is 2. The lowest BCUT2D eigenvalue weighted by atomic mass is 9.97. The molecule has 2 aromatic heterocycles. The Morgan fingerprint density at radius 2 is 1.23 bits per heavy atom. The molecule has 9 nitrogen and oxygen atoms in total. The van der Waals surface area contributed by atoms with Gasteiger partial charge in [0.1, 0.15) is 5.56 Å². The van der Waals surface area contributed by atoms with Crippen molar-refractivity contribution in [2.45, 2.75) is 38.8 Å². The van der Waals surface area contributed by atoms with E-state index in [-0.39, 0.29) is 41.1 Å². The number of ketones is 1. The summed E-state index contributed by atoms with van der Waals surface area (Å²) in [5.41, 5.74) is 15.9. The number of methoxy groups -OCH3 is 2. The van der Waals surface area contributed by atoms with Crippen LogP contribution in [0.1, 0.15) is 47.4 Å². The zero-order valence-corrected chi connectivity index (χ0v) is 26.5. The molecule has 0 aliphatic rings. The smallest absolute Gasteiger partial charge is 0.256 e. The Kier molecular flexibility index (Phi) is 10.9. The van der Waals surface area contributed by atoms with Crippen LogP contribution in [0, 0.1) is 0 Å². The van der Waals surface area contributed by atoms with Crippen molar-refractivity contribution in [3.05, 3.63) is 81.8 Å². The van der Waals surface area contributed by atoms with Crippen LogP contribution in [0.3, 0.4) is 0 Å². The molecule has 11 heteroatoms. The number of hydrogen-bond acceptors (Lipinski definition) is 8. The predicted molar refractivity (Wildman–Crippen MR) is 175 cm³/mol. The molecular formula is C33H35Cl2N5O4. The van der Waals surface area contributed by atoms with Gasteiger partial charge in [-0.1, -0.05) is 59.6 Å². The molecule has 2 atom stereocenters. The molecule has 0 fully saturated rings. The van der Waals surface area contributed by atoms with E-state index in [1.54, 1.807) is 31.2 Å². The quantitative estimate of drug-likeness (QED) is 0.156. The van der Waals surface area contributed by atoms with Gasteiger partial charge in [0.25, 0.3) is 5.91 Å². The Labute approximate surface area is 266 Å². The van der Waals surface area contributed by atoms with Crippen LogP contribution < -0.4 is 26.3 Å². The molecule has 0 saturated carbocycles. The number of hydrogen-bond donors (Lipinski definition) is 3. The molecule has 0 bridgehead atoms. The first-order chi connectivity index (χ1) is 21.0. The fraction of sp³-hybridized carbons (Fsp3) is 0.273. The number of halogens is 2. The normalized spacial score (nSPS) is 12.4. The molecule has 230 valence electrons. The molecule has 0 radical (unpaired) electrons. The topological polar surface area (TPSA) is 142 Å². The van der Waals surface area contributed by atoms with E-state index in [1.807, 2.05) is 43.3 Å². The lowest BCUT2D eigenvalue weighted by Crippen LogP contribution is -2.35. The average molecular weight is 637 g/mol. The largest absolute Gasteiger partial charge is 0.480 e. The molecule has 0 spiro atoms. The van der Waals surface area contributed by atoms with E-state index in [0.29, 0.717) is 68.6 Å². The fourth-order valence-electron chi connectivity index (χ4n) is 4.60. The van der Waals surface area contributed by atoms with Gasteiger partial charge in [-0.25, -0.2) is 9.97 Å². The highest BCUT2D eigenvalue weighted by atomic mass is 35.5. The predicted octanol–water partition coefficient (Wildman–Crippen LogP) is 6.19. The maximum Gasteiger partial charge on any atom is 0.256 e. The van der Waals surface area contributed by atoms with Gasteiger partial charge < -0.3 is 26.3 Å². The van der Waals surface area contributed by atoms with Crippen LogP contribution in [0.25, 0.3) is 33.6 Å². The Morgan fingerprint density at radius 3 is 1.70 bits per heavy atom. The number of nitrogens with zero attached hydrogens (tertiary/aromatic N) is 2. The third-order valence-corrected chi connectivity index (χ3v) is 7.72. The highest BCUT2D eigenvalue weighted by Crippen LogP contribution is 2.42. The number of carbonyl (C=O) groups is 2. The summed E-state index contributed by atoms with van der Waals surface area (Å²) in [6.45, 7) is 3.97. The van der Waals surface area contributed by atoms with Gasteiger partial charge in [0.05, 0.1) is 41.2 Å². The summed E-state index contributed by atoms with van der Waals surface area (Å²) in [4.78, 5) is 34.6. The maximum absolute atomic E-state index is 12.8. The number of pyridine rings is 2. The summed E-state index contributed by atoms with van der Waals surface area (Å²) in [5, 5.41) is 3.60. The van der Waals surface area contributed by atoms with Crippen LogP contribution in [0.4, 0.5) is 0 Å². The molecular weight excluding hydrogens is 601 g/mol. The molecule has 0 aliphatic carbocycles. The molecule has 0 aliphatic heterocycles. The Hall–Kier alpha value is -4.02. The number of nitrogens with one attached hydrogen (secondary N) is 1. The maximum atomic E-state index is 12.8. The van der Waals surface area contributed by atoms with Crippen molar-refractivity contribution in [2.24, 2.45) is 11.5 Å². The minimum Gasteiger partial charge on any atom is -0.480 e. The SMILES string of the molecule is COc1nc(-c2cccc(-c3cccc(-c4ccc(C(=O)NC[C@H](C)N)c(OC)n4)c3Cl)c2Cl)ccc1C(=O)CC[C@H](C)N. The molecule has 5 N–H and O–H groups in total. The van der Waals surface area contributed by atoms with Crippen molar-refractivity contribution in [2.75, 3.05) is 20.8 Å². The molecule has 0 unspecified atom stereocenters. The highest BCUT2D eigenvalue weighted by Gasteiger charge is 2.21. The van der Waals surface area contributed by atoms with Gasteiger partial charge in [-0.15, -0.1) is 0 Å². The monoisotopic (exact) mass is 635 g/mol. The van der Waals surface area contributed by atoms with Gasteiger partial charge in [0.15, 0.2) is 5.78 Å². The average Bonchev–Trinajstić information content (AvgIpc) is 3.02. The summed E-state index contributed by atoms with van der Waals surface area (Å²) in [6, 6.07) is 17.6. The van der Waals surface area contributed by atoms with Gasteiger partial charge in [0.2, 0.25) is 11.8 Å². The van der Waals surface area contributed by atoms with E-state index in [2.05, 4.69) is 15.3 Å². The molecule has 2 heterocycles. The number of aromatic nitrogens is 2. The van der Waals surface area contributed by atoms with Gasteiger partial charge >= 0.3 is 0 Å². The van der Waals surface area contributed by atoms with E-state index in [4.69, 9.17) is 44.1 Å². The van der Waals surface area contributed by atoms with Crippen molar-refractivity contribution in [3.8, 4) is 45.4 Å². The van der Waals surface area contributed by atoms with E-state index < -0.39 is 0 Å².